The van der Waals surface area contributed by atoms with Crippen molar-refractivity contribution in [2.24, 2.45) is 0 Å². The van der Waals surface area contributed by atoms with Crippen molar-refractivity contribution >= 4 is 5.78 Å². The minimum atomic E-state index is 0.152. The van der Waals surface area contributed by atoms with E-state index in [1.54, 1.807) is 0 Å². The zero-order valence-electron chi connectivity index (χ0n) is 9.40. The maximum Gasteiger partial charge on any atom is 0.165 e. The van der Waals surface area contributed by atoms with Crippen LogP contribution in [0.25, 0.3) is 0 Å². The van der Waals surface area contributed by atoms with Crippen LogP contribution in [0.4, 0.5) is 0 Å². The van der Waals surface area contributed by atoms with E-state index in [0.717, 1.165) is 12.0 Å². The molecular weight excluding hydrogens is 188 g/mol. The molecule has 2 nitrogen and oxygen atoms in total. The van der Waals surface area contributed by atoms with Gasteiger partial charge in [-0.25, -0.2) is 0 Å². The number of hydrogen-bond acceptors (Lipinski definition) is 2. The number of Topliss-reactive ketones (excluding diaryl/α,β-unsaturated/α-hetero) is 1. The first kappa shape index (κ1) is 11.9. The second-order valence-electron chi connectivity index (χ2n) is 3.63. The van der Waals surface area contributed by atoms with E-state index in [1.165, 1.54) is 0 Å². The number of benzene rings is 1. The number of carbonyl (C=O) groups excluding carboxylic acids is 1. The summed E-state index contributed by atoms with van der Waals surface area (Å²) in [4.78, 5) is 11.6. The van der Waals surface area contributed by atoms with Crippen molar-refractivity contribution in [3.8, 4) is 0 Å². The molecule has 15 heavy (non-hydrogen) atoms. The minimum absolute atomic E-state index is 0.152. The summed E-state index contributed by atoms with van der Waals surface area (Å²) in [7, 11) is 0. The normalized spacial score (nSPS) is 12.4. The number of rotatable bonds is 6. The summed E-state index contributed by atoms with van der Waals surface area (Å²) in [5.74, 6) is 0.152. The highest BCUT2D eigenvalue weighted by molar-refractivity contribution is 5.96. The van der Waals surface area contributed by atoms with Crippen LogP contribution in [0.1, 0.15) is 37.0 Å². The Hall–Kier alpha value is -1.15. The lowest BCUT2D eigenvalue weighted by Crippen LogP contribution is -2.11. The van der Waals surface area contributed by atoms with Crippen molar-refractivity contribution in [3.05, 3.63) is 35.9 Å². The first-order chi connectivity index (χ1) is 7.24. The van der Waals surface area contributed by atoms with Crippen LogP contribution in [0.5, 0.6) is 0 Å². The lowest BCUT2D eigenvalue weighted by atomic mass is 10.1. The van der Waals surface area contributed by atoms with Gasteiger partial charge in [0, 0.05) is 12.0 Å². The molecule has 0 aliphatic heterocycles. The highest BCUT2D eigenvalue weighted by Crippen LogP contribution is 2.04. The van der Waals surface area contributed by atoms with E-state index in [0.29, 0.717) is 13.0 Å². The van der Waals surface area contributed by atoms with Crippen LogP contribution >= 0.6 is 0 Å². The Balaban J connectivity index is 2.31. The molecule has 0 heterocycles. The first-order valence-electron chi connectivity index (χ1n) is 5.44. The number of ether oxygens (including phenoxy) is 1. The second-order valence-corrected chi connectivity index (χ2v) is 3.63. The molecule has 1 aromatic rings. The van der Waals surface area contributed by atoms with Crippen LogP contribution in [-0.4, -0.2) is 18.5 Å². The van der Waals surface area contributed by atoms with E-state index in [4.69, 9.17) is 4.74 Å². The van der Waals surface area contributed by atoms with Gasteiger partial charge in [-0.1, -0.05) is 37.3 Å². The molecule has 1 aromatic carbocycles. The summed E-state index contributed by atoms with van der Waals surface area (Å²) in [5, 5.41) is 0. The summed E-state index contributed by atoms with van der Waals surface area (Å²) in [6.45, 7) is 4.61. The van der Waals surface area contributed by atoms with Crippen LogP contribution in [0.15, 0.2) is 30.3 Å². The molecule has 0 aliphatic carbocycles. The van der Waals surface area contributed by atoms with Crippen molar-refractivity contribution < 1.29 is 9.53 Å². The number of carbonyl (C=O) groups is 1. The molecule has 1 unspecified atom stereocenters. The molecule has 1 rings (SSSR count). The molecule has 82 valence electrons. The summed E-state index contributed by atoms with van der Waals surface area (Å²) in [6.07, 6.45) is 1.70. The summed E-state index contributed by atoms with van der Waals surface area (Å²) >= 11 is 0. The predicted molar refractivity (Wildman–Crippen MR) is 61.1 cm³/mol. The van der Waals surface area contributed by atoms with Gasteiger partial charge in [0.1, 0.15) is 0 Å². The van der Waals surface area contributed by atoms with Crippen LogP contribution in [-0.2, 0) is 4.74 Å². The molecular formula is C13H18O2. The van der Waals surface area contributed by atoms with Crippen molar-refractivity contribution in [1.82, 2.24) is 0 Å². The Bertz CT molecular complexity index is 293. The average Bonchev–Trinajstić information content (AvgIpc) is 2.29. The van der Waals surface area contributed by atoms with Gasteiger partial charge in [-0.3, -0.25) is 4.79 Å². The topological polar surface area (TPSA) is 26.3 Å². The summed E-state index contributed by atoms with van der Waals surface area (Å²) < 4.78 is 5.46. The fourth-order valence-electron chi connectivity index (χ4n) is 1.24. The predicted octanol–water partition coefficient (Wildman–Crippen LogP) is 3.07. The van der Waals surface area contributed by atoms with E-state index < -0.39 is 0 Å². The smallest absolute Gasteiger partial charge is 0.165 e. The molecule has 0 saturated heterocycles. The molecule has 0 radical (unpaired) electrons. The van der Waals surface area contributed by atoms with E-state index >= 15 is 0 Å². The number of hydrogen-bond donors (Lipinski definition) is 0. The van der Waals surface area contributed by atoms with Gasteiger partial charge in [-0.15, -0.1) is 0 Å². The van der Waals surface area contributed by atoms with E-state index in [-0.39, 0.29) is 11.9 Å². The quantitative estimate of drug-likeness (QED) is 0.669. The van der Waals surface area contributed by atoms with Crippen LogP contribution < -0.4 is 0 Å². The zero-order valence-corrected chi connectivity index (χ0v) is 9.40. The second kappa shape index (κ2) is 6.36. The highest BCUT2D eigenvalue weighted by Gasteiger charge is 2.05. The van der Waals surface area contributed by atoms with Gasteiger partial charge in [0.15, 0.2) is 5.78 Å². The van der Waals surface area contributed by atoms with Gasteiger partial charge in [0.2, 0.25) is 0 Å². The van der Waals surface area contributed by atoms with E-state index in [9.17, 15) is 4.79 Å². The molecule has 0 N–H and O–H groups in total. The summed E-state index contributed by atoms with van der Waals surface area (Å²) in [5.41, 5.74) is 0.769. The molecule has 2 heteroatoms. The first-order valence-corrected chi connectivity index (χ1v) is 5.44. The average molecular weight is 206 g/mol. The van der Waals surface area contributed by atoms with Gasteiger partial charge in [-0.05, 0) is 13.3 Å². The van der Waals surface area contributed by atoms with Gasteiger partial charge >= 0.3 is 0 Å². The SMILES string of the molecule is CCC(C)OCCC(=O)c1ccccc1. The lowest BCUT2D eigenvalue weighted by molar-refractivity contribution is 0.0572. The zero-order chi connectivity index (χ0) is 11.1. The van der Waals surface area contributed by atoms with Crippen LogP contribution in [0.3, 0.4) is 0 Å². The standard InChI is InChI=1S/C13H18O2/c1-3-11(2)15-10-9-13(14)12-7-5-4-6-8-12/h4-8,11H,3,9-10H2,1-2H3. The third kappa shape index (κ3) is 4.26. The third-order valence-corrected chi connectivity index (χ3v) is 2.40. The van der Waals surface area contributed by atoms with Crippen LogP contribution in [0.2, 0.25) is 0 Å². The fourth-order valence-corrected chi connectivity index (χ4v) is 1.24. The Labute approximate surface area is 91.3 Å². The van der Waals surface area contributed by atoms with E-state index in [2.05, 4.69) is 6.92 Å². The molecule has 0 amide bonds. The molecule has 0 fully saturated rings. The van der Waals surface area contributed by atoms with Crippen molar-refractivity contribution in [3.63, 3.8) is 0 Å². The molecule has 0 aromatic heterocycles. The van der Waals surface area contributed by atoms with Gasteiger partial charge in [0.05, 0.1) is 12.7 Å². The Morgan fingerprint density at radius 3 is 2.60 bits per heavy atom. The Morgan fingerprint density at radius 1 is 1.33 bits per heavy atom. The maximum atomic E-state index is 11.6. The Morgan fingerprint density at radius 2 is 2.00 bits per heavy atom. The maximum absolute atomic E-state index is 11.6. The monoisotopic (exact) mass is 206 g/mol. The highest BCUT2D eigenvalue weighted by atomic mass is 16.5. The van der Waals surface area contributed by atoms with Crippen molar-refractivity contribution in [2.75, 3.05) is 6.61 Å². The van der Waals surface area contributed by atoms with E-state index in [1.807, 2.05) is 37.3 Å². The molecule has 0 aliphatic rings. The van der Waals surface area contributed by atoms with Crippen LogP contribution in [0, 0.1) is 0 Å². The van der Waals surface area contributed by atoms with Gasteiger partial charge in [0.25, 0.3) is 0 Å². The van der Waals surface area contributed by atoms with Gasteiger partial charge < -0.3 is 4.74 Å². The van der Waals surface area contributed by atoms with Crippen molar-refractivity contribution in [2.45, 2.75) is 32.8 Å². The molecule has 0 bridgehead atoms. The number of ketones is 1. The largest absolute Gasteiger partial charge is 0.378 e. The molecule has 0 saturated carbocycles. The molecule has 0 spiro atoms. The fraction of sp³-hybridized carbons (Fsp3) is 0.462. The van der Waals surface area contributed by atoms with Gasteiger partial charge in [-0.2, -0.15) is 0 Å². The third-order valence-electron chi connectivity index (χ3n) is 2.40. The Kier molecular flexibility index (Phi) is 5.05. The summed E-state index contributed by atoms with van der Waals surface area (Å²) in [6, 6.07) is 9.34. The lowest BCUT2D eigenvalue weighted by Gasteiger charge is -2.09. The minimum Gasteiger partial charge on any atom is -0.378 e. The van der Waals surface area contributed by atoms with Crippen molar-refractivity contribution in [1.29, 1.82) is 0 Å². The molecule has 1 atom stereocenters.